The number of benzene rings is 1. The van der Waals surface area contributed by atoms with Crippen molar-refractivity contribution in [1.29, 1.82) is 0 Å². The molecule has 1 aliphatic rings. The van der Waals surface area contributed by atoms with Crippen molar-refractivity contribution in [2.45, 2.75) is 64.6 Å². The molecule has 4 rings (SSSR count). The van der Waals surface area contributed by atoms with Gasteiger partial charge in [0.1, 0.15) is 6.54 Å². The summed E-state index contributed by atoms with van der Waals surface area (Å²) in [6, 6.07) is 8.12. The van der Waals surface area contributed by atoms with E-state index in [9.17, 15) is 9.59 Å². The molecule has 0 spiro atoms. The van der Waals surface area contributed by atoms with Gasteiger partial charge in [-0.25, -0.2) is 14.1 Å². The minimum atomic E-state index is -0.399. The van der Waals surface area contributed by atoms with E-state index in [1.54, 1.807) is 11.3 Å². The molecule has 8 heteroatoms. The maximum absolute atomic E-state index is 14.0. The Morgan fingerprint density at radius 3 is 2.72 bits per heavy atom. The van der Waals surface area contributed by atoms with Gasteiger partial charge in [0.05, 0.1) is 17.9 Å². The fourth-order valence-electron chi connectivity index (χ4n) is 4.27. The topological polar surface area (TPSA) is 78.5 Å². The van der Waals surface area contributed by atoms with Crippen molar-refractivity contribution in [1.82, 2.24) is 19.2 Å². The molecule has 0 fully saturated rings. The number of hydrogen-bond donors (Lipinski definition) is 0. The molecule has 2 heterocycles. The largest absolute Gasteiger partial charge is 0.465 e. The molecule has 170 valence electrons. The van der Waals surface area contributed by atoms with Gasteiger partial charge in [-0.1, -0.05) is 63.7 Å². The van der Waals surface area contributed by atoms with Crippen LogP contribution in [0.3, 0.4) is 0 Å². The highest BCUT2D eigenvalue weighted by Gasteiger charge is 2.38. The zero-order valence-corrected chi connectivity index (χ0v) is 20.2. The van der Waals surface area contributed by atoms with Crippen molar-refractivity contribution in [3.63, 3.8) is 0 Å². The number of rotatable bonds is 7. The molecule has 0 aliphatic heterocycles. The first-order chi connectivity index (χ1) is 15.3. The van der Waals surface area contributed by atoms with E-state index in [0.717, 1.165) is 29.7 Å². The Balaban J connectivity index is 2.00. The molecular formula is C24H30N4O3S. The van der Waals surface area contributed by atoms with Gasteiger partial charge in [0.15, 0.2) is 5.16 Å². The summed E-state index contributed by atoms with van der Waals surface area (Å²) in [6.45, 7) is 10.5. The first-order valence-corrected chi connectivity index (χ1v) is 12.2. The smallest absolute Gasteiger partial charge is 0.327 e. The van der Waals surface area contributed by atoms with Gasteiger partial charge in [0.25, 0.3) is 5.56 Å². The molecule has 32 heavy (non-hydrogen) atoms. The van der Waals surface area contributed by atoms with Crippen LogP contribution in [-0.4, -0.2) is 37.5 Å². The summed E-state index contributed by atoms with van der Waals surface area (Å²) in [4.78, 5) is 31.2. The third-order valence-electron chi connectivity index (χ3n) is 6.06. The number of thioether (sulfide) groups is 1. The maximum Gasteiger partial charge on any atom is 0.327 e. The Hall–Kier alpha value is -2.61. The third-order valence-corrected chi connectivity index (χ3v) is 7.42. The number of hydrogen-bond acceptors (Lipinski definition) is 6. The number of carbonyl (C=O) groups is 1. The summed E-state index contributed by atoms with van der Waals surface area (Å²) in [7, 11) is 0. The summed E-state index contributed by atoms with van der Waals surface area (Å²) in [5.41, 5.74) is 3.19. The van der Waals surface area contributed by atoms with Gasteiger partial charge in [0.2, 0.25) is 5.78 Å². The average molecular weight is 455 g/mol. The predicted octanol–water partition coefficient (Wildman–Crippen LogP) is 4.09. The van der Waals surface area contributed by atoms with Crippen molar-refractivity contribution in [2.75, 3.05) is 12.4 Å². The standard InChI is InChI=1S/C24H30N4O3S/c1-6-24(5)12-16-10-8-9-11-17(16)20-19(24)21(30)28-22(25-20)27(13-18(29)31-7-2)26-23(28)32-14-15(3)4/h8-11,15H,6-7,12-14H2,1-5H3/t24-/m1/s1. The van der Waals surface area contributed by atoms with Crippen LogP contribution in [0, 0.1) is 5.92 Å². The third kappa shape index (κ3) is 3.85. The normalized spacial score (nSPS) is 17.4. The quantitative estimate of drug-likeness (QED) is 0.395. The van der Waals surface area contributed by atoms with E-state index < -0.39 is 5.97 Å². The molecule has 1 aliphatic carbocycles. The Morgan fingerprint density at radius 2 is 2.03 bits per heavy atom. The number of nitrogens with zero attached hydrogens (tertiary/aromatic N) is 4. The van der Waals surface area contributed by atoms with Crippen LogP contribution < -0.4 is 5.56 Å². The van der Waals surface area contributed by atoms with E-state index in [2.05, 4.69) is 38.9 Å². The first kappa shape index (κ1) is 22.6. The van der Waals surface area contributed by atoms with Gasteiger partial charge >= 0.3 is 5.97 Å². The van der Waals surface area contributed by atoms with Crippen molar-refractivity contribution in [2.24, 2.45) is 5.92 Å². The summed E-state index contributed by atoms with van der Waals surface area (Å²) in [5, 5.41) is 5.19. The SMILES string of the molecule is CCOC(=O)Cn1nc(SCC(C)C)n2c(=O)c3c(nc12)-c1ccccc1C[C@@]3(C)CC. The van der Waals surface area contributed by atoms with Gasteiger partial charge in [0, 0.05) is 16.7 Å². The molecule has 3 aromatic rings. The number of ether oxygens (including phenoxy) is 1. The Labute approximate surface area is 192 Å². The minimum Gasteiger partial charge on any atom is -0.465 e. The minimum absolute atomic E-state index is 0.0858. The van der Waals surface area contributed by atoms with Crippen LogP contribution in [0.1, 0.15) is 52.2 Å². The number of aromatic nitrogens is 4. The zero-order chi connectivity index (χ0) is 23.0. The van der Waals surface area contributed by atoms with E-state index in [4.69, 9.17) is 9.72 Å². The fourth-order valence-corrected chi connectivity index (χ4v) is 5.20. The monoisotopic (exact) mass is 454 g/mol. The molecule has 0 radical (unpaired) electrons. The summed E-state index contributed by atoms with van der Waals surface area (Å²) < 4.78 is 8.22. The zero-order valence-electron chi connectivity index (χ0n) is 19.3. The summed E-state index contributed by atoms with van der Waals surface area (Å²) in [5.74, 6) is 1.22. The molecule has 0 N–H and O–H groups in total. The summed E-state index contributed by atoms with van der Waals surface area (Å²) >= 11 is 1.52. The molecule has 7 nitrogen and oxygen atoms in total. The van der Waals surface area contributed by atoms with E-state index in [1.165, 1.54) is 22.0 Å². The number of esters is 1. The maximum atomic E-state index is 14.0. The highest BCUT2D eigenvalue weighted by molar-refractivity contribution is 7.99. The lowest BCUT2D eigenvalue weighted by Crippen LogP contribution is -2.38. The number of fused-ring (bicyclic) bond motifs is 4. The molecule has 0 saturated heterocycles. The van der Waals surface area contributed by atoms with E-state index in [-0.39, 0.29) is 24.1 Å². The van der Waals surface area contributed by atoms with Crippen LogP contribution in [-0.2, 0) is 27.9 Å². The van der Waals surface area contributed by atoms with E-state index >= 15 is 0 Å². The Bertz CT molecular complexity index is 1230. The molecule has 0 unspecified atom stereocenters. The second-order valence-corrected chi connectivity index (χ2v) is 9.96. The molecule has 0 saturated carbocycles. The lowest BCUT2D eigenvalue weighted by atomic mass is 9.69. The molecule has 0 amide bonds. The van der Waals surface area contributed by atoms with Crippen molar-refractivity contribution in [3.8, 4) is 11.3 Å². The second-order valence-electron chi connectivity index (χ2n) is 8.97. The highest BCUT2D eigenvalue weighted by Crippen LogP contribution is 2.42. The van der Waals surface area contributed by atoms with Gasteiger partial charge in [-0.3, -0.25) is 9.59 Å². The van der Waals surface area contributed by atoms with Crippen molar-refractivity contribution >= 4 is 23.5 Å². The number of carbonyl (C=O) groups excluding carboxylic acids is 1. The van der Waals surface area contributed by atoms with Crippen molar-refractivity contribution < 1.29 is 9.53 Å². The van der Waals surface area contributed by atoms with Crippen LogP contribution in [0.15, 0.2) is 34.2 Å². The first-order valence-electron chi connectivity index (χ1n) is 11.2. The highest BCUT2D eigenvalue weighted by atomic mass is 32.2. The van der Waals surface area contributed by atoms with Gasteiger partial charge in [-0.2, -0.15) is 0 Å². The second kappa shape index (κ2) is 8.73. The lowest BCUT2D eigenvalue weighted by molar-refractivity contribution is -0.143. The summed E-state index contributed by atoms with van der Waals surface area (Å²) in [6.07, 6.45) is 1.61. The van der Waals surface area contributed by atoms with Gasteiger partial charge in [-0.05, 0) is 31.2 Å². The molecule has 0 bridgehead atoms. The van der Waals surface area contributed by atoms with Crippen LogP contribution in [0.2, 0.25) is 0 Å². The molecular weight excluding hydrogens is 424 g/mol. The van der Waals surface area contributed by atoms with Crippen LogP contribution >= 0.6 is 11.8 Å². The molecule has 1 atom stereocenters. The van der Waals surface area contributed by atoms with Crippen LogP contribution in [0.25, 0.3) is 17.0 Å². The van der Waals surface area contributed by atoms with Crippen LogP contribution in [0.4, 0.5) is 0 Å². The predicted molar refractivity (Wildman–Crippen MR) is 126 cm³/mol. The van der Waals surface area contributed by atoms with Gasteiger partial charge < -0.3 is 4.74 Å². The molecule has 2 aromatic heterocycles. The van der Waals surface area contributed by atoms with Crippen LogP contribution in [0.5, 0.6) is 0 Å². The van der Waals surface area contributed by atoms with E-state index in [1.807, 2.05) is 18.2 Å². The van der Waals surface area contributed by atoms with Crippen molar-refractivity contribution in [3.05, 3.63) is 45.7 Å². The van der Waals surface area contributed by atoms with Gasteiger partial charge in [-0.15, -0.1) is 5.10 Å². The lowest BCUT2D eigenvalue weighted by Gasteiger charge is -2.35. The Morgan fingerprint density at radius 1 is 1.28 bits per heavy atom. The fraction of sp³-hybridized carbons (Fsp3) is 0.500. The Kier molecular flexibility index (Phi) is 6.16. The van der Waals surface area contributed by atoms with E-state index in [0.29, 0.717) is 22.5 Å². The average Bonchev–Trinajstić information content (AvgIpc) is 3.10. The molecule has 1 aromatic carbocycles.